The van der Waals surface area contributed by atoms with E-state index < -0.39 is 0 Å². The summed E-state index contributed by atoms with van der Waals surface area (Å²) in [5, 5.41) is 15.4. The van der Waals surface area contributed by atoms with Gasteiger partial charge in [0.2, 0.25) is 11.1 Å². The molecule has 0 fully saturated rings. The van der Waals surface area contributed by atoms with Gasteiger partial charge in [-0.15, -0.1) is 5.10 Å². The number of benzene rings is 2. The smallest absolute Gasteiger partial charge is 0.230 e. The van der Waals surface area contributed by atoms with Gasteiger partial charge in [0.1, 0.15) is 0 Å². The van der Waals surface area contributed by atoms with E-state index in [0.717, 1.165) is 5.69 Å². The molecule has 0 saturated carbocycles. The van der Waals surface area contributed by atoms with Crippen molar-refractivity contribution in [2.45, 2.75) is 37.8 Å². The molecular formula is C21H25N5OS. The summed E-state index contributed by atoms with van der Waals surface area (Å²) >= 11 is 1.33. The molecule has 0 unspecified atom stereocenters. The lowest BCUT2D eigenvalue weighted by atomic mass is 10.0. The third-order valence-electron chi connectivity index (χ3n) is 4.55. The van der Waals surface area contributed by atoms with Crippen LogP contribution in [0.5, 0.6) is 0 Å². The van der Waals surface area contributed by atoms with Crippen LogP contribution in [-0.2, 0) is 4.79 Å². The Kier molecular flexibility index (Phi) is 6.81. The summed E-state index contributed by atoms with van der Waals surface area (Å²) in [6.07, 6.45) is 0. The number of carbonyl (C=O) groups excluding carboxylic acids is 1. The minimum atomic E-state index is -0.0301. The van der Waals surface area contributed by atoms with Crippen LogP contribution in [-0.4, -0.2) is 38.4 Å². The largest absolute Gasteiger partial charge is 0.355 e. The van der Waals surface area contributed by atoms with Gasteiger partial charge in [-0.05, 0) is 45.5 Å². The van der Waals surface area contributed by atoms with E-state index in [4.69, 9.17) is 0 Å². The predicted molar refractivity (Wildman–Crippen MR) is 112 cm³/mol. The number of carbonyl (C=O) groups is 1. The van der Waals surface area contributed by atoms with E-state index in [9.17, 15) is 4.79 Å². The van der Waals surface area contributed by atoms with Crippen LogP contribution in [0.1, 0.15) is 43.7 Å². The number of aromatic nitrogens is 4. The topological polar surface area (TPSA) is 72.7 Å². The van der Waals surface area contributed by atoms with Crippen LogP contribution in [0.3, 0.4) is 0 Å². The average Bonchev–Trinajstić information content (AvgIpc) is 3.19. The van der Waals surface area contributed by atoms with Gasteiger partial charge in [0.15, 0.2) is 0 Å². The van der Waals surface area contributed by atoms with Crippen molar-refractivity contribution >= 4 is 17.7 Å². The van der Waals surface area contributed by atoms with Crippen molar-refractivity contribution in [1.29, 1.82) is 0 Å². The minimum absolute atomic E-state index is 0.0301. The summed E-state index contributed by atoms with van der Waals surface area (Å²) in [7, 11) is 0. The van der Waals surface area contributed by atoms with E-state index in [0.29, 0.717) is 17.6 Å². The molecule has 6 nitrogen and oxygen atoms in total. The van der Waals surface area contributed by atoms with Gasteiger partial charge in [0.25, 0.3) is 0 Å². The van der Waals surface area contributed by atoms with Gasteiger partial charge in [-0.3, -0.25) is 4.79 Å². The number of nitrogens with one attached hydrogen (secondary N) is 1. The lowest BCUT2D eigenvalue weighted by Gasteiger charge is -2.13. The van der Waals surface area contributed by atoms with E-state index in [1.165, 1.54) is 22.9 Å². The molecule has 0 aliphatic carbocycles. The SMILES string of the molecule is CC(C)c1ccc(-n2nnnc2SCC(=O)NC[C@@H](C)c2ccccc2)cc1. The van der Waals surface area contributed by atoms with Crippen molar-refractivity contribution < 1.29 is 4.79 Å². The molecule has 3 aromatic rings. The highest BCUT2D eigenvalue weighted by Gasteiger charge is 2.13. The molecule has 1 amide bonds. The van der Waals surface area contributed by atoms with E-state index in [1.807, 2.05) is 30.3 Å². The fourth-order valence-corrected chi connectivity index (χ4v) is 3.50. The van der Waals surface area contributed by atoms with Crippen LogP contribution in [0.4, 0.5) is 0 Å². The molecule has 0 aliphatic rings. The first kappa shape index (κ1) is 20.1. The third-order valence-corrected chi connectivity index (χ3v) is 5.47. The monoisotopic (exact) mass is 395 g/mol. The Bertz CT molecular complexity index is 893. The molecule has 0 aliphatic heterocycles. The number of nitrogens with zero attached hydrogens (tertiary/aromatic N) is 4. The summed E-state index contributed by atoms with van der Waals surface area (Å²) in [6, 6.07) is 18.3. The Hall–Kier alpha value is -2.67. The van der Waals surface area contributed by atoms with Crippen molar-refractivity contribution in [3.8, 4) is 5.69 Å². The van der Waals surface area contributed by atoms with E-state index >= 15 is 0 Å². The Labute approximate surface area is 169 Å². The van der Waals surface area contributed by atoms with Crippen LogP contribution in [0.15, 0.2) is 59.8 Å². The van der Waals surface area contributed by atoms with Crippen LogP contribution >= 0.6 is 11.8 Å². The van der Waals surface area contributed by atoms with Crippen LogP contribution < -0.4 is 5.32 Å². The van der Waals surface area contributed by atoms with E-state index in [-0.39, 0.29) is 17.6 Å². The van der Waals surface area contributed by atoms with Gasteiger partial charge in [-0.2, -0.15) is 4.68 Å². The van der Waals surface area contributed by atoms with Crippen molar-refractivity contribution in [3.05, 3.63) is 65.7 Å². The summed E-state index contributed by atoms with van der Waals surface area (Å²) < 4.78 is 1.66. The highest BCUT2D eigenvalue weighted by Crippen LogP contribution is 2.21. The van der Waals surface area contributed by atoms with E-state index in [2.05, 4.69) is 65.9 Å². The fourth-order valence-electron chi connectivity index (χ4n) is 2.78. The number of hydrogen-bond acceptors (Lipinski definition) is 5. The highest BCUT2D eigenvalue weighted by atomic mass is 32.2. The molecule has 28 heavy (non-hydrogen) atoms. The molecule has 1 aromatic heterocycles. The molecule has 1 atom stereocenters. The summed E-state index contributed by atoms with van der Waals surface area (Å²) in [5.41, 5.74) is 3.36. The van der Waals surface area contributed by atoms with Crippen LogP contribution in [0.25, 0.3) is 5.69 Å². The number of thioether (sulfide) groups is 1. The van der Waals surface area contributed by atoms with Crippen LogP contribution in [0, 0.1) is 0 Å². The maximum absolute atomic E-state index is 12.2. The molecule has 2 aromatic carbocycles. The normalized spacial score (nSPS) is 12.1. The number of hydrogen-bond donors (Lipinski definition) is 1. The number of rotatable bonds is 8. The maximum Gasteiger partial charge on any atom is 0.230 e. The predicted octanol–water partition coefficient (Wildman–Crippen LogP) is 3.80. The second-order valence-corrected chi connectivity index (χ2v) is 7.97. The first-order valence-corrected chi connectivity index (χ1v) is 10.4. The molecule has 0 radical (unpaired) electrons. The van der Waals surface area contributed by atoms with Crippen molar-refractivity contribution in [2.24, 2.45) is 0 Å². The van der Waals surface area contributed by atoms with Gasteiger partial charge in [0.05, 0.1) is 11.4 Å². The molecule has 1 heterocycles. The Morgan fingerprint density at radius 2 is 1.75 bits per heavy atom. The fraction of sp³-hybridized carbons (Fsp3) is 0.333. The lowest BCUT2D eigenvalue weighted by Crippen LogP contribution is -2.29. The van der Waals surface area contributed by atoms with Crippen molar-refractivity contribution in [1.82, 2.24) is 25.5 Å². The Morgan fingerprint density at radius 3 is 2.43 bits per heavy atom. The van der Waals surface area contributed by atoms with Gasteiger partial charge in [-0.1, -0.05) is 75.0 Å². The summed E-state index contributed by atoms with van der Waals surface area (Å²) in [5.74, 6) is 0.975. The Balaban J connectivity index is 1.54. The van der Waals surface area contributed by atoms with Gasteiger partial charge < -0.3 is 5.32 Å². The molecule has 1 N–H and O–H groups in total. The lowest BCUT2D eigenvalue weighted by molar-refractivity contribution is -0.118. The van der Waals surface area contributed by atoms with Crippen molar-refractivity contribution in [2.75, 3.05) is 12.3 Å². The second-order valence-electron chi connectivity index (χ2n) is 7.02. The van der Waals surface area contributed by atoms with Crippen molar-refractivity contribution in [3.63, 3.8) is 0 Å². The first-order chi connectivity index (χ1) is 13.5. The Morgan fingerprint density at radius 1 is 1.04 bits per heavy atom. The molecule has 3 rings (SSSR count). The van der Waals surface area contributed by atoms with Gasteiger partial charge in [-0.25, -0.2) is 0 Å². The number of amides is 1. The summed E-state index contributed by atoms with van der Waals surface area (Å²) in [4.78, 5) is 12.2. The molecule has 0 spiro atoms. The van der Waals surface area contributed by atoms with E-state index in [1.54, 1.807) is 4.68 Å². The highest BCUT2D eigenvalue weighted by molar-refractivity contribution is 7.99. The molecule has 0 saturated heterocycles. The number of tetrazole rings is 1. The zero-order valence-electron chi connectivity index (χ0n) is 16.4. The average molecular weight is 396 g/mol. The zero-order valence-corrected chi connectivity index (χ0v) is 17.2. The zero-order chi connectivity index (χ0) is 19.9. The first-order valence-electron chi connectivity index (χ1n) is 9.37. The van der Waals surface area contributed by atoms with Crippen LogP contribution in [0.2, 0.25) is 0 Å². The second kappa shape index (κ2) is 9.50. The molecule has 0 bridgehead atoms. The minimum Gasteiger partial charge on any atom is -0.355 e. The van der Waals surface area contributed by atoms with Gasteiger partial charge in [0, 0.05) is 6.54 Å². The molecular weight excluding hydrogens is 370 g/mol. The van der Waals surface area contributed by atoms with Gasteiger partial charge >= 0.3 is 0 Å². The standard InChI is InChI=1S/C21H25N5OS/c1-15(2)17-9-11-19(12-10-17)26-21(23-24-25-26)28-14-20(27)22-13-16(3)18-7-5-4-6-8-18/h4-12,15-16H,13-14H2,1-3H3,(H,22,27)/t16-/m1/s1. The summed E-state index contributed by atoms with van der Waals surface area (Å²) in [6.45, 7) is 7.02. The molecule has 146 valence electrons. The maximum atomic E-state index is 12.2. The third kappa shape index (κ3) is 5.19. The molecule has 7 heteroatoms. The quantitative estimate of drug-likeness (QED) is 0.588.